The number of nitrogens with zero attached hydrogens (tertiary/aromatic N) is 1. The van der Waals surface area contributed by atoms with Crippen LogP contribution in [0.5, 0.6) is 0 Å². The molecule has 0 amide bonds. The number of carboxylic acid groups (broad SMARTS) is 1. The van der Waals surface area contributed by atoms with E-state index < -0.39 is 33.9 Å². The number of carbonyl (C=O) groups is 1. The molecular weight excluding hydrogens is 454 g/mol. The van der Waals surface area contributed by atoms with Gasteiger partial charge in [-0.05, 0) is 42.2 Å². The molecule has 0 fully saturated rings. The van der Waals surface area contributed by atoms with Gasteiger partial charge in [0.2, 0.25) is 0 Å². The molecule has 6 nitrogen and oxygen atoms in total. The molecule has 2 atom stereocenters. The van der Waals surface area contributed by atoms with E-state index in [2.05, 4.69) is 9.10 Å². The Labute approximate surface area is 180 Å². The smallest absolute Gasteiger partial charge is 0.325 e. The number of aromatic nitrogens is 1. The molecule has 0 unspecified atom stereocenters. The number of rotatable bonds is 8. The van der Waals surface area contributed by atoms with Gasteiger partial charge >= 0.3 is 5.97 Å². The molecule has 2 N–H and O–H groups in total. The summed E-state index contributed by atoms with van der Waals surface area (Å²) >= 11 is 1.48. The standard InChI is InChI=1S/C19H18F2N2O4S3/c1-11(12-6-4-3-5-7-12)19(2,18(24)25)23-30(26,27)16-9-8-14(28-16)13-10-15(17(20)21)29-22-13/h3-11,17,23H,1-2H3,(H,24,25)/t11-,19+/m1/s1. The van der Waals surface area contributed by atoms with Crippen molar-refractivity contribution < 1.29 is 27.1 Å². The Morgan fingerprint density at radius 2 is 1.87 bits per heavy atom. The van der Waals surface area contributed by atoms with Gasteiger partial charge in [-0.1, -0.05) is 37.3 Å². The topological polar surface area (TPSA) is 96.4 Å². The van der Waals surface area contributed by atoms with E-state index in [9.17, 15) is 27.1 Å². The van der Waals surface area contributed by atoms with Crippen LogP contribution < -0.4 is 4.72 Å². The molecule has 11 heteroatoms. The number of benzene rings is 1. The molecule has 0 saturated carbocycles. The van der Waals surface area contributed by atoms with Crippen molar-refractivity contribution >= 4 is 38.9 Å². The first-order valence-corrected chi connectivity index (χ1v) is 11.8. The molecule has 0 spiro atoms. The summed E-state index contributed by atoms with van der Waals surface area (Å²) in [5.41, 5.74) is -0.896. The SMILES string of the molecule is C[C@H](c1ccccc1)[C@](C)(NS(=O)(=O)c1ccc(-c2cc(C(F)F)sn2)s1)C(=O)O. The van der Waals surface area contributed by atoms with Crippen molar-refractivity contribution in [3.05, 3.63) is 59.0 Å². The second kappa shape index (κ2) is 8.50. The van der Waals surface area contributed by atoms with E-state index in [0.717, 1.165) is 11.3 Å². The van der Waals surface area contributed by atoms with Crippen LogP contribution in [0.3, 0.4) is 0 Å². The van der Waals surface area contributed by atoms with Gasteiger partial charge in [-0.15, -0.1) is 11.3 Å². The monoisotopic (exact) mass is 472 g/mol. The van der Waals surface area contributed by atoms with Crippen LogP contribution in [0.25, 0.3) is 10.6 Å². The first-order valence-electron chi connectivity index (χ1n) is 8.72. The molecule has 0 radical (unpaired) electrons. The average Bonchev–Trinajstić information content (AvgIpc) is 3.37. The van der Waals surface area contributed by atoms with Gasteiger partial charge in [0, 0.05) is 5.92 Å². The summed E-state index contributed by atoms with van der Waals surface area (Å²) in [5, 5.41) is 9.81. The summed E-state index contributed by atoms with van der Waals surface area (Å²) in [4.78, 5) is 12.2. The summed E-state index contributed by atoms with van der Waals surface area (Å²) in [6.07, 6.45) is -2.66. The van der Waals surface area contributed by atoms with Gasteiger partial charge in [0.15, 0.2) is 0 Å². The van der Waals surface area contributed by atoms with E-state index in [0.29, 0.717) is 22.0 Å². The van der Waals surface area contributed by atoms with Crippen LogP contribution in [-0.2, 0) is 14.8 Å². The number of nitrogens with one attached hydrogen (secondary N) is 1. The van der Waals surface area contributed by atoms with E-state index >= 15 is 0 Å². The number of thiophene rings is 1. The van der Waals surface area contributed by atoms with Crippen molar-refractivity contribution in [1.29, 1.82) is 0 Å². The minimum Gasteiger partial charge on any atom is -0.480 e. The van der Waals surface area contributed by atoms with Crippen molar-refractivity contribution in [2.24, 2.45) is 0 Å². The molecule has 3 aromatic rings. The van der Waals surface area contributed by atoms with Gasteiger partial charge in [-0.25, -0.2) is 17.2 Å². The molecule has 0 aliphatic carbocycles. The number of sulfonamides is 1. The van der Waals surface area contributed by atoms with Gasteiger partial charge in [0.05, 0.1) is 15.4 Å². The van der Waals surface area contributed by atoms with Crippen LogP contribution in [0.15, 0.2) is 52.7 Å². The lowest BCUT2D eigenvalue weighted by Crippen LogP contribution is -2.55. The highest BCUT2D eigenvalue weighted by molar-refractivity contribution is 7.91. The predicted octanol–water partition coefficient (Wildman–Crippen LogP) is 4.73. The van der Waals surface area contributed by atoms with Crippen molar-refractivity contribution in [2.75, 3.05) is 0 Å². The highest BCUT2D eigenvalue weighted by atomic mass is 32.2. The lowest BCUT2D eigenvalue weighted by atomic mass is 9.83. The third-order valence-corrected chi connectivity index (χ3v) is 8.76. The number of aliphatic carboxylic acids is 1. The lowest BCUT2D eigenvalue weighted by molar-refractivity contribution is -0.144. The van der Waals surface area contributed by atoms with Gasteiger partial charge < -0.3 is 5.11 Å². The Kier molecular flexibility index (Phi) is 6.37. The maximum absolute atomic E-state index is 12.9. The zero-order chi connectivity index (χ0) is 22.1. The maximum atomic E-state index is 12.9. The maximum Gasteiger partial charge on any atom is 0.325 e. The lowest BCUT2D eigenvalue weighted by Gasteiger charge is -2.32. The van der Waals surface area contributed by atoms with Crippen LogP contribution in [0, 0.1) is 0 Å². The summed E-state index contributed by atoms with van der Waals surface area (Å²) < 4.78 is 57.6. The van der Waals surface area contributed by atoms with Crippen molar-refractivity contribution in [1.82, 2.24) is 9.10 Å². The predicted molar refractivity (Wildman–Crippen MR) is 112 cm³/mol. The first kappa shape index (κ1) is 22.5. The van der Waals surface area contributed by atoms with Gasteiger partial charge in [-0.2, -0.15) is 9.10 Å². The van der Waals surface area contributed by atoms with E-state index in [-0.39, 0.29) is 14.8 Å². The van der Waals surface area contributed by atoms with E-state index in [1.807, 2.05) is 0 Å². The van der Waals surface area contributed by atoms with Crippen LogP contribution in [0.1, 0.15) is 36.6 Å². The normalized spacial score (nSPS) is 15.1. The molecule has 1 aromatic carbocycles. The minimum absolute atomic E-state index is 0.128. The molecule has 0 aliphatic heterocycles. The van der Waals surface area contributed by atoms with E-state index in [4.69, 9.17) is 0 Å². The molecule has 2 heterocycles. The zero-order valence-electron chi connectivity index (χ0n) is 15.9. The van der Waals surface area contributed by atoms with Crippen molar-refractivity contribution in [3.8, 4) is 10.6 Å². The Balaban J connectivity index is 1.90. The largest absolute Gasteiger partial charge is 0.480 e. The molecule has 0 saturated heterocycles. The highest BCUT2D eigenvalue weighted by Crippen LogP contribution is 2.36. The third kappa shape index (κ3) is 4.43. The molecule has 0 bridgehead atoms. The Morgan fingerprint density at radius 3 is 2.43 bits per heavy atom. The Bertz CT molecular complexity index is 1150. The third-order valence-electron chi connectivity index (χ3n) is 4.80. The van der Waals surface area contributed by atoms with Crippen LogP contribution in [0.4, 0.5) is 8.78 Å². The summed E-state index contributed by atoms with van der Waals surface area (Å²) in [6, 6.07) is 12.7. The van der Waals surface area contributed by atoms with Crippen LogP contribution in [-0.4, -0.2) is 29.4 Å². The number of alkyl halides is 2. The molecule has 3 rings (SSSR count). The average molecular weight is 473 g/mol. The van der Waals surface area contributed by atoms with Gasteiger partial charge in [0.1, 0.15) is 9.75 Å². The van der Waals surface area contributed by atoms with E-state index in [1.165, 1.54) is 25.1 Å². The number of hydrogen-bond acceptors (Lipinski definition) is 6. The van der Waals surface area contributed by atoms with Crippen molar-refractivity contribution in [2.45, 2.75) is 35.9 Å². The first-order chi connectivity index (χ1) is 14.0. The molecule has 2 aromatic heterocycles. The molecule has 160 valence electrons. The number of carboxylic acids is 1. The van der Waals surface area contributed by atoms with Crippen LogP contribution in [0.2, 0.25) is 0 Å². The van der Waals surface area contributed by atoms with E-state index in [1.54, 1.807) is 37.3 Å². The Morgan fingerprint density at radius 1 is 1.20 bits per heavy atom. The summed E-state index contributed by atoms with van der Waals surface area (Å²) in [7, 11) is -4.20. The Hall–Kier alpha value is -2.21. The minimum atomic E-state index is -4.20. The fourth-order valence-corrected chi connectivity index (χ4v) is 6.19. The molecule has 30 heavy (non-hydrogen) atoms. The fraction of sp³-hybridized carbons (Fsp3) is 0.263. The second-order valence-corrected chi connectivity index (χ2v) is 10.6. The van der Waals surface area contributed by atoms with Gasteiger partial charge in [0.25, 0.3) is 16.4 Å². The van der Waals surface area contributed by atoms with Gasteiger partial charge in [-0.3, -0.25) is 4.79 Å². The van der Waals surface area contributed by atoms with Crippen LogP contribution >= 0.6 is 22.9 Å². The summed E-state index contributed by atoms with van der Waals surface area (Å²) in [6.45, 7) is 2.95. The number of hydrogen-bond donors (Lipinski definition) is 2. The number of halogens is 2. The molecule has 0 aliphatic rings. The zero-order valence-corrected chi connectivity index (χ0v) is 18.3. The quantitative estimate of drug-likeness (QED) is 0.494. The fourth-order valence-electron chi connectivity index (χ4n) is 2.83. The highest BCUT2D eigenvalue weighted by Gasteiger charge is 2.43. The van der Waals surface area contributed by atoms with Crippen molar-refractivity contribution in [3.63, 3.8) is 0 Å². The second-order valence-electron chi connectivity index (χ2n) is 6.78. The molecular formula is C19H18F2N2O4S3. The summed E-state index contributed by atoms with van der Waals surface area (Å²) in [5.74, 6) is -1.99.